The number of rotatable bonds is 4. The summed E-state index contributed by atoms with van der Waals surface area (Å²) in [6.45, 7) is 5.41. The van der Waals surface area contributed by atoms with Crippen LogP contribution in [-0.2, 0) is 6.42 Å². The average Bonchev–Trinajstić information content (AvgIpc) is 2.59. The van der Waals surface area contributed by atoms with Crippen molar-refractivity contribution in [2.45, 2.75) is 50.5 Å². The zero-order valence-corrected chi connectivity index (χ0v) is 15.6. The van der Waals surface area contributed by atoms with Gasteiger partial charge in [0.1, 0.15) is 5.82 Å². The van der Waals surface area contributed by atoms with Gasteiger partial charge >= 0.3 is 0 Å². The molecule has 0 spiro atoms. The van der Waals surface area contributed by atoms with E-state index in [2.05, 4.69) is 16.8 Å². The van der Waals surface area contributed by atoms with Crippen molar-refractivity contribution in [1.29, 1.82) is 0 Å². The Bertz CT molecular complexity index is 527. The fourth-order valence-electron chi connectivity index (χ4n) is 4.44. The van der Waals surface area contributed by atoms with Crippen LogP contribution in [0.4, 0.5) is 4.39 Å². The van der Waals surface area contributed by atoms with E-state index in [0.29, 0.717) is 12.3 Å². The maximum absolute atomic E-state index is 13.2. The number of halogens is 1. The van der Waals surface area contributed by atoms with Crippen molar-refractivity contribution in [3.05, 3.63) is 35.6 Å². The highest BCUT2D eigenvalue weighted by atomic mass is 19.1. The van der Waals surface area contributed by atoms with Crippen LogP contribution in [0.15, 0.2) is 24.3 Å². The van der Waals surface area contributed by atoms with Gasteiger partial charge in [-0.2, -0.15) is 0 Å². The largest absolute Gasteiger partial charge is 0.389 e. The van der Waals surface area contributed by atoms with Crippen LogP contribution in [0, 0.1) is 11.7 Å². The van der Waals surface area contributed by atoms with E-state index in [-0.39, 0.29) is 5.82 Å². The van der Waals surface area contributed by atoms with Crippen molar-refractivity contribution in [1.82, 2.24) is 9.80 Å². The van der Waals surface area contributed by atoms with Gasteiger partial charge < -0.3 is 14.9 Å². The minimum absolute atomic E-state index is 0.206. The predicted molar refractivity (Wildman–Crippen MR) is 100 cm³/mol. The summed E-state index contributed by atoms with van der Waals surface area (Å²) in [4.78, 5) is 4.90. The molecule has 0 radical (unpaired) electrons. The molecule has 1 aromatic rings. The van der Waals surface area contributed by atoms with Crippen LogP contribution in [0.25, 0.3) is 0 Å². The van der Waals surface area contributed by atoms with Gasteiger partial charge in [0.2, 0.25) is 0 Å². The quantitative estimate of drug-likeness (QED) is 0.904. The Hall–Kier alpha value is -0.970. The van der Waals surface area contributed by atoms with Gasteiger partial charge in [0, 0.05) is 45.1 Å². The Balaban J connectivity index is 1.71. The molecule has 140 valence electrons. The first kappa shape index (κ1) is 18.8. The van der Waals surface area contributed by atoms with Gasteiger partial charge in [-0.3, -0.25) is 0 Å². The van der Waals surface area contributed by atoms with Gasteiger partial charge in [-0.25, -0.2) is 4.39 Å². The summed E-state index contributed by atoms with van der Waals surface area (Å²) in [5.74, 6) is 0.101. The molecule has 4 heteroatoms. The molecular formula is C21H33FN2O. The molecule has 1 aromatic carbocycles. The van der Waals surface area contributed by atoms with Crippen LogP contribution in [0.5, 0.6) is 0 Å². The molecule has 1 saturated carbocycles. The van der Waals surface area contributed by atoms with E-state index in [1.807, 2.05) is 12.1 Å². The average molecular weight is 349 g/mol. The number of piperazine rings is 1. The Labute approximate surface area is 151 Å². The molecule has 2 aliphatic rings. The smallest absolute Gasteiger partial charge is 0.123 e. The van der Waals surface area contributed by atoms with Gasteiger partial charge in [-0.05, 0) is 37.6 Å². The number of hydrogen-bond acceptors (Lipinski definition) is 3. The second kappa shape index (κ2) is 8.61. The third-order valence-corrected chi connectivity index (χ3v) is 6.17. The van der Waals surface area contributed by atoms with Crippen LogP contribution < -0.4 is 0 Å². The Morgan fingerprint density at radius 3 is 2.44 bits per heavy atom. The first-order valence-corrected chi connectivity index (χ1v) is 9.93. The summed E-state index contributed by atoms with van der Waals surface area (Å²) in [5.41, 5.74) is 0.384. The van der Waals surface area contributed by atoms with Gasteiger partial charge in [0.15, 0.2) is 0 Å². The van der Waals surface area contributed by atoms with Gasteiger partial charge in [-0.15, -0.1) is 0 Å². The fraction of sp³-hybridized carbons (Fsp3) is 0.714. The van der Waals surface area contributed by atoms with Crippen molar-refractivity contribution < 1.29 is 9.50 Å². The van der Waals surface area contributed by atoms with Crippen molar-refractivity contribution in [3.63, 3.8) is 0 Å². The number of nitrogens with zero attached hydrogens (tertiary/aromatic N) is 2. The fourth-order valence-corrected chi connectivity index (χ4v) is 4.44. The molecule has 3 nitrogen and oxygen atoms in total. The van der Waals surface area contributed by atoms with Crippen molar-refractivity contribution >= 4 is 0 Å². The van der Waals surface area contributed by atoms with E-state index >= 15 is 0 Å². The first-order valence-electron chi connectivity index (χ1n) is 9.93. The lowest BCUT2D eigenvalue weighted by Gasteiger charge is -2.42. The van der Waals surface area contributed by atoms with Crippen LogP contribution in [0.1, 0.15) is 44.1 Å². The summed E-state index contributed by atoms with van der Waals surface area (Å²) in [6.07, 6.45) is 7.42. The first-order chi connectivity index (χ1) is 12.0. The summed E-state index contributed by atoms with van der Waals surface area (Å²) >= 11 is 0. The normalized spacial score (nSPS) is 30.0. The van der Waals surface area contributed by atoms with E-state index in [0.717, 1.165) is 57.5 Å². The minimum atomic E-state index is -0.665. The van der Waals surface area contributed by atoms with Crippen LogP contribution >= 0.6 is 0 Å². The molecule has 1 heterocycles. The zero-order chi connectivity index (χ0) is 17.7. The molecule has 25 heavy (non-hydrogen) atoms. The van der Waals surface area contributed by atoms with E-state index in [1.165, 1.54) is 31.4 Å². The summed E-state index contributed by atoms with van der Waals surface area (Å²) in [6, 6.07) is 6.69. The Kier molecular flexibility index (Phi) is 6.48. The molecule has 2 fully saturated rings. The van der Waals surface area contributed by atoms with Crippen LogP contribution in [0.3, 0.4) is 0 Å². The molecule has 2 unspecified atom stereocenters. The summed E-state index contributed by atoms with van der Waals surface area (Å²) in [5, 5.41) is 11.6. The van der Waals surface area contributed by atoms with Gasteiger partial charge in [0.25, 0.3) is 0 Å². The maximum Gasteiger partial charge on any atom is 0.123 e. The van der Waals surface area contributed by atoms with Crippen molar-refractivity contribution in [2.75, 3.05) is 39.8 Å². The standard InChI is InChI=1S/C21H33FN2O/c1-23-12-14-24(15-13-23)17-19-6-4-2-3-5-11-21(19,25)16-18-7-9-20(22)10-8-18/h7-10,19,25H,2-6,11-17H2,1H3. The molecule has 1 aliphatic carbocycles. The van der Waals surface area contributed by atoms with E-state index < -0.39 is 5.60 Å². The second-order valence-corrected chi connectivity index (χ2v) is 8.16. The number of likely N-dealkylation sites (N-methyl/N-ethyl adjacent to an activating group) is 1. The minimum Gasteiger partial charge on any atom is -0.389 e. The molecule has 0 aromatic heterocycles. The monoisotopic (exact) mass is 348 g/mol. The van der Waals surface area contributed by atoms with Gasteiger partial charge in [-0.1, -0.05) is 37.8 Å². The molecule has 3 rings (SSSR count). The topological polar surface area (TPSA) is 26.7 Å². The highest BCUT2D eigenvalue weighted by molar-refractivity contribution is 5.19. The Morgan fingerprint density at radius 1 is 1.04 bits per heavy atom. The van der Waals surface area contributed by atoms with Crippen molar-refractivity contribution in [3.8, 4) is 0 Å². The number of aliphatic hydroxyl groups is 1. The molecule has 1 saturated heterocycles. The lowest BCUT2D eigenvalue weighted by molar-refractivity contribution is -0.0512. The number of benzene rings is 1. The van der Waals surface area contributed by atoms with Crippen molar-refractivity contribution in [2.24, 2.45) is 5.92 Å². The summed E-state index contributed by atoms with van der Waals surface area (Å²) < 4.78 is 13.2. The number of hydrogen-bond donors (Lipinski definition) is 1. The maximum atomic E-state index is 13.2. The second-order valence-electron chi connectivity index (χ2n) is 8.16. The lowest BCUT2D eigenvalue weighted by atomic mass is 9.74. The highest BCUT2D eigenvalue weighted by Gasteiger charge is 2.38. The third-order valence-electron chi connectivity index (χ3n) is 6.17. The van der Waals surface area contributed by atoms with E-state index in [1.54, 1.807) is 0 Å². The summed E-state index contributed by atoms with van der Waals surface area (Å²) in [7, 11) is 2.18. The van der Waals surface area contributed by atoms with Crippen LogP contribution in [0.2, 0.25) is 0 Å². The molecule has 0 amide bonds. The molecule has 0 bridgehead atoms. The SMILES string of the molecule is CN1CCN(CC2CCCCCCC2(O)Cc2ccc(F)cc2)CC1. The Morgan fingerprint density at radius 2 is 1.72 bits per heavy atom. The van der Waals surface area contributed by atoms with E-state index in [4.69, 9.17) is 0 Å². The van der Waals surface area contributed by atoms with Gasteiger partial charge in [0.05, 0.1) is 5.60 Å². The molecule has 1 aliphatic heterocycles. The molecular weight excluding hydrogens is 315 g/mol. The predicted octanol–water partition coefficient (Wildman–Crippen LogP) is 3.32. The lowest BCUT2D eigenvalue weighted by Crippen LogP contribution is -2.51. The highest BCUT2D eigenvalue weighted by Crippen LogP contribution is 2.35. The zero-order valence-electron chi connectivity index (χ0n) is 15.6. The molecule has 1 N–H and O–H groups in total. The molecule has 2 atom stereocenters. The van der Waals surface area contributed by atoms with E-state index in [9.17, 15) is 9.50 Å². The van der Waals surface area contributed by atoms with Crippen LogP contribution in [-0.4, -0.2) is 60.3 Å². The third kappa shape index (κ3) is 5.25.